The molecule has 12 heavy (non-hydrogen) atoms. The van der Waals surface area contributed by atoms with Gasteiger partial charge >= 0.3 is 0 Å². The van der Waals surface area contributed by atoms with Crippen LogP contribution in [0.25, 0.3) is 12.2 Å². The van der Waals surface area contributed by atoms with Crippen molar-refractivity contribution in [2.45, 2.75) is 20.8 Å². The van der Waals surface area contributed by atoms with E-state index in [1.54, 1.807) is 0 Å². The minimum absolute atomic E-state index is 0.935. The van der Waals surface area contributed by atoms with Crippen LogP contribution in [0.1, 0.15) is 29.6 Å². The van der Waals surface area contributed by atoms with Gasteiger partial charge in [-0.1, -0.05) is 18.7 Å². The van der Waals surface area contributed by atoms with E-state index in [1.165, 1.54) is 5.56 Å². The molecular weight excluding hydrogens is 148 g/mol. The van der Waals surface area contributed by atoms with E-state index >= 15 is 0 Å². The molecule has 0 atom stereocenters. The third-order valence-corrected chi connectivity index (χ3v) is 1.94. The van der Waals surface area contributed by atoms with Crippen LogP contribution in [0.3, 0.4) is 0 Å². The molecule has 0 bridgehead atoms. The van der Waals surface area contributed by atoms with E-state index in [0.29, 0.717) is 0 Å². The summed E-state index contributed by atoms with van der Waals surface area (Å²) in [5.74, 6) is 1.88. The Bertz CT molecular complexity index is 316. The normalized spacial score (nSPS) is 10.9. The Labute approximate surface area is 73.4 Å². The average Bonchev–Trinajstić information content (AvgIpc) is 2.29. The van der Waals surface area contributed by atoms with Crippen LogP contribution in [0.4, 0.5) is 0 Å². The van der Waals surface area contributed by atoms with Gasteiger partial charge in [-0.2, -0.15) is 0 Å². The second kappa shape index (κ2) is 3.44. The van der Waals surface area contributed by atoms with Gasteiger partial charge in [-0.05, 0) is 26.8 Å². The first-order valence-electron chi connectivity index (χ1n) is 4.05. The fourth-order valence-corrected chi connectivity index (χ4v) is 1.30. The molecule has 1 rings (SSSR count). The molecule has 0 amide bonds. The van der Waals surface area contributed by atoms with Crippen molar-refractivity contribution in [3.05, 3.63) is 35.3 Å². The fourth-order valence-electron chi connectivity index (χ4n) is 1.30. The van der Waals surface area contributed by atoms with Gasteiger partial charge in [-0.3, -0.25) is 0 Å². The first-order chi connectivity index (χ1) is 5.70. The molecule has 1 aromatic rings. The predicted octanol–water partition coefficient (Wildman–Crippen LogP) is 3.57. The Balaban J connectivity index is 3.25. The van der Waals surface area contributed by atoms with Gasteiger partial charge in [0, 0.05) is 11.1 Å². The van der Waals surface area contributed by atoms with E-state index in [-0.39, 0.29) is 0 Å². The minimum Gasteiger partial charge on any atom is -0.461 e. The Hall–Kier alpha value is -1.24. The Kier molecular flexibility index (Phi) is 2.54. The van der Waals surface area contributed by atoms with Crippen molar-refractivity contribution in [3.8, 4) is 0 Å². The minimum atomic E-state index is 0.935. The van der Waals surface area contributed by atoms with Crippen LogP contribution in [-0.4, -0.2) is 0 Å². The third kappa shape index (κ3) is 1.35. The Morgan fingerprint density at radius 1 is 1.33 bits per heavy atom. The summed E-state index contributed by atoms with van der Waals surface area (Å²) in [5.41, 5.74) is 2.28. The smallest absolute Gasteiger partial charge is 0.130 e. The topological polar surface area (TPSA) is 13.1 Å². The molecule has 0 aliphatic heterocycles. The van der Waals surface area contributed by atoms with Gasteiger partial charge in [0.05, 0.1) is 0 Å². The highest BCUT2D eigenvalue weighted by Gasteiger charge is 2.07. The molecule has 0 saturated carbocycles. The van der Waals surface area contributed by atoms with Crippen molar-refractivity contribution in [1.82, 2.24) is 0 Å². The lowest BCUT2D eigenvalue weighted by Gasteiger charge is -1.88. The summed E-state index contributed by atoms with van der Waals surface area (Å²) in [6.07, 6.45) is 5.77. The molecule has 0 fully saturated rings. The predicted molar refractivity (Wildman–Crippen MR) is 53.0 cm³/mol. The van der Waals surface area contributed by atoms with E-state index in [1.807, 2.05) is 39.0 Å². The summed E-state index contributed by atoms with van der Waals surface area (Å²) in [4.78, 5) is 0. The van der Waals surface area contributed by atoms with Gasteiger partial charge in [-0.15, -0.1) is 0 Å². The van der Waals surface area contributed by atoms with Crippen LogP contribution in [-0.2, 0) is 0 Å². The van der Waals surface area contributed by atoms with Gasteiger partial charge in [0.2, 0.25) is 0 Å². The summed E-state index contributed by atoms with van der Waals surface area (Å²) >= 11 is 0. The molecule has 0 aliphatic rings. The molecule has 1 heterocycles. The fraction of sp³-hybridized carbons (Fsp3) is 0.273. The number of hydrogen-bond donors (Lipinski definition) is 0. The molecular formula is C11H14O. The van der Waals surface area contributed by atoms with E-state index in [0.717, 1.165) is 17.1 Å². The lowest BCUT2D eigenvalue weighted by molar-refractivity contribution is 0.523. The molecule has 1 nitrogen and oxygen atoms in total. The zero-order chi connectivity index (χ0) is 9.14. The number of hydrogen-bond acceptors (Lipinski definition) is 1. The average molecular weight is 162 g/mol. The summed E-state index contributed by atoms with van der Waals surface area (Å²) in [6.45, 7) is 9.72. The number of allylic oxidation sites excluding steroid dienone is 1. The van der Waals surface area contributed by atoms with Crippen LogP contribution in [0.5, 0.6) is 0 Å². The number of rotatable bonds is 2. The highest BCUT2D eigenvalue weighted by atomic mass is 16.3. The first-order valence-corrected chi connectivity index (χ1v) is 4.05. The Morgan fingerprint density at radius 2 is 2.00 bits per heavy atom. The lowest BCUT2D eigenvalue weighted by Crippen LogP contribution is -1.75. The van der Waals surface area contributed by atoms with Crippen LogP contribution < -0.4 is 0 Å². The van der Waals surface area contributed by atoms with Crippen molar-refractivity contribution < 1.29 is 4.42 Å². The largest absolute Gasteiger partial charge is 0.461 e. The van der Waals surface area contributed by atoms with E-state index in [4.69, 9.17) is 4.42 Å². The maximum absolute atomic E-state index is 5.52. The SMILES string of the molecule is C=Cc1c(C)oc(/C=C\C)c1C. The van der Waals surface area contributed by atoms with Crippen LogP contribution in [0.15, 0.2) is 17.1 Å². The van der Waals surface area contributed by atoms with E-state index in [9.17, 15) is 0 Å². The molecule has 0 N–H and O–H groups in total. The van der Waals surface area contributed by atoms with E-state index < -0.39 is 0 Å². The van der Waals surface area contributed by atoms with Gasteiger partial charge in [0.25, 0.3) is 0 Å². The standard InChI is InChI=1S/C11H14O/c1-5-7-11-8(3)10(6-2)9(4)12-11/h5-7H,2H2,1,3-4H3/b7-5-. The molecule has 0 saturated heterocycles. The maximum atomic E-state index is 5.52. The zero-order valence-corrected chi connectivity index (χ0v) is 7.85. The number of aryl methyl sites for hydroxylation is 1. The highest BCUT2D eigenvalue weighted by Crippen LogP contribution is 2.23. The summed E-state index contributed by atoms with van der Waals surface area (Å²) in [7, 11) is 0. The quantitative estimate of drug-likeness (QED) is 0.648. The van der Waals surface area contributed by atoms with Crippen LogP contribution in [0, 0.1) is 13.8 Å². The van der Waals surface area contributed by atoms with Crippen LogP contribution in [0.2, 0.25) is 0 Å². The van der Waals surface area contributed by atoms with Gasteiger partial charge < -0.3 is 4.42 Å². The molecule has 64 valence electrons. The molecule has 0 unspecified atom stereocenters. The molecule has 0 aliphatic carbocycles. The molecule has 1 heteroatoms. The van der Waals surface area contributed by atoms with E-state index in [2.05, 4.69) is 6.58 Å². The lowest BCUT2D eigenvalue weighted by atomic mass is 10.1. The van der Waals surface area contributed by atoms with Crippen molar-refractivity contribution in [3.63, 3.8) is 0 Å². The van der Waals surface area contributed by atoms with Gasteiger partial charge in [0.15, 0.2) is 0 Å². The molecule has 1 aromatic heterocycles. The second-order valence-corrected chi connectivity index (χ2v) is 2.77. The first kappa shape index (κ1) is 8.85. The van der Waals surface area contributed by atoms with Gasteiger partial charge in [-0.25, -0.2) is 0 Å². The summed E-state index contributed by atoms with van der Waals surface area (Å²) < 4.78 is 5.52. The summed E-state index contributed by atoms with van der Waals surface area (Å²) in [6, 6.07) is 0. The molecule has 0 radical (unpaired) electrons. The van der Waals surface area contributed by atoms with Crippen molar-refractivity contribution in [2.75, 3.05) is 0 Å². The van der Waals surface area contributed by atoms with Crippen LogP contribution >= 0.6 is 0 Å². The highest BCUT2D eigenvalue weighted by molar-refractivity contribution is 5.61. The monoisotopic (exact) mass is 162 g/mol. The molecule has 0 spiro atoms. The van der Waals surface area contributed by atoms with Crippen molar-refractivity contribution in [1.29, 1.82) is 0 Å². The third-order valence-electron chi connectivity index (χ3n) is 1.94. The Morgan fingerprint density at radius 3 is 2.42 bits per heavy atom. The molecule has 0 aromatic carbocycles. The zero-order valence-electron chi connectivity index (χ0n) is 7.85. The number of furan rings is 1. The second-order valence-electron chi connectivity index (χ2n) is 2.77. The van der Waals surface area contributed by atoms with Crippen molar-refractivity contribution in [2.24, 2.45) is 0 Å². The van der Waals surface area contributed by atoms with Gasteiger partial charge in [0.1, 0.15) is 11.5 Å². The van der Waals surface area contributed by atoms with Crippen molar-refractivity contribution >= 4 is 12.2 Å². The maximum Gasteiger partial charge on any atom is 0.130 e. The summed E-state index contributed by atoms with van der Waals surface area (Å²) in [5, 5.41) is 0.